The normalized spacial score (nSPS) is 11.8. The van der Waals surface area contributed by atoms with Gasteiger partial charge < -0.3 is 4.90 Å². The maximum Gasteiger partial charge on any atom is 0.269 e. The van der Waals surface area contributed by atoms with Crippen molar-refractivity contribution in [2.24, 2.45) is 0 Å². The molecule has 0 saturated carbocycles. The van der Waals surface area contributed by atoms with Crippen LogP contribution in [-0.4, -0.2) is 28.5 Å². The molecule has 25 heavy (non-hydrogen) atoms. The molecule has 0 aliphatic heterocycles. The molecule has 0 radical (unpaired) electrons. The van der Waals surface area contributed by atoms with Crippen molar-refractivity contribution in [3.05, 3.63) is 74.8 Å². The molecule has 0 N–H and O–H groups in total. The maximum atomic E-state index is 12.4. The molecular weight excluding hydrogens is 360 g/mol. The minimum atomic E-state index is -0.432. The number of nitro groups is 1. The summed E-state index contributed by atoms with van der Waals surface area (Å²) in [5.41, 5.74) is 1.84. The van der Waals surface area contributed by atoms with Gasteiger partial charge >= 0.3 is 0 Å². The average Bonchev–Trinajstić information content (AvgIpc) is 2.60. The first kappa shape index (κ1) is 19.3. The van der Waals surface area contributed by atoms with Crippen molar-refractivity contribution < 1.29 is 9.72 Å². The number of non-ortho nitro benzene ring substituents is 1. The third-order valence-corrected chi connectivity index (χ3v) is 5.14. The molecule has 0 fully saturated rings. The largest absolute Gasteiger partial charge is 0.338 e. The van der Waals surface area contributed by atoms with E-state index >= 15 is 0 Å². The molecular formula is C18H19ClN2O3S. The number of hydrogen-bond donors (Lipinski definition) is 0. The number of carbonyl (C=O) groups excluding carboxylic acids is 1. The summed E-state index contributed by atoms with van der Waals surface area (Å²) in [5, 5.41) is 11.6. The molecule has 7 heteroatoms. The fraction of sp³-hybridized carbons (Fsp3) is 0.278. The van der Waals surface area contributed by atoms with Gasteiger partial charge in [-0.05, 0) is 30.2 Å². The topological polar surface area (TPSA) is 63.5 Å². The van der Waals surface area contributed by atoms with Gasteiger partial charge in [0.05, 0.1) is 16.7 Å². The van der Waals surface area contributed by atoms with Crippen molar-refractivity contribution in [1.82, 2.24) is 4.90 Å². The highest BCUT2D eigenvalue weighted by Gasteiger charge is 2.19. The van der Waals surface area contributed by atoms with E-state index in [1.165, 1.54) is 23.9 Å². The van der Waals surface area contributed by atoms with E-state index in [-0.39, 0.29) is 17.6 Å². The first-order chi connectivity index (χ1) is 11.9. The van der Waals surface area contributed by atoms with E-state index in [1.807, 2.05) is 31.2 Å². The second kappa shape index (κ2) is 8.87. The van der Waals surface area contributed by atoms with Crippen molar-refractivity contribution in [2.45, 2.75) is 18.7 Å². The minimum Gasteiger partial charge on any atom is -0.338 e. The number of halogens is 1. The number of nitro benzene ring substituents is 1. The highest BCUT2D eigenvalue weighted by atomic mass is 35.5. The summed E-state index contributed by atoms with van der Waals surface area (Å²) in [7, 11) is 1.71. The molecule has 0 spiro atoms. The number of benzene rings is 2. The van der Waals surface area contributed by atoms with Gasteiger partial charge in [-0.1, -0.05) is 35.9 Å². The SMILES string of the molecule is CC(c1cccc([N+](=O)[O-])c1)N(C)C(=O)CSCc1cccc(Cl)c1. The molecule has 5 nitrogen and oxygen atoms in total. The molecule has 1 atom stereocenters. The van der Waals surface area contributed by atoms with E-state index in [9.17, 15) is 14.9 Å². The molecule has 0 bridgehead atoms. The van der Waals surface area contributed by atoms with Crippen molar-refractivity contribution in [3.63, 3.8) is 0 Å². The van der Waals surface area contributed by atoms with Crippen LogP contribution in [0.3, 0.4) is 0 Å². The summed E-state index contributed by atoms with van der Waals surface area (Å²) < 4.78 is 0. The van der Waals surface area contributed by atoms with Crippen LogP contribution in [0.1, 0.15) is 24.1 Å². The Morgan fingerprint density at radius 2 is 2.00 bits per heavy atom. The van der Waals surface area contributed by atoms with E-state index in [0.29, 0.717) is 16.5 Å². The Hall–Kier alpha value is -2.05. The number of thioether (sulfide) groups is 1. The number of nitrogens with zero attached hydrogens (tertiary/aromatic N) is 2. The number of carbonyl (C=O) groups is 1. The molecule has 1 amide bonds. The predicted molar refractivity (Wildman–Crippen MR) is 102 cm³/mol. The summed E-state index contributed by atoms with van der Waals surface area (Å²) in [6.07, 6.45) is 0. The van der Waals surface area contributed by atoms with E-state index in [1.54, 1.807) is 24.1 Å². The standard InChI is InChI=1S/C18H19ClN2O3S/c1-13(15-6-4-8-17(10-15)21(23)24)20(2)18(22)12-25-11-14-5-3-7-16(19)9-14/h3-10,13H,11-12H2,1-2H3. The zero-order valence-corrected chi connectivity index (χ0v) is 15.6. The number of hydrogen-bond acceptors (Lipinski definition) is 4. The zero-order valence-electron chi connectivity index (χ0n) is 14.0. The average molecular weight is 379 g/mol. The Balaban J connectivity index is 1.92. The molecule has 0 aromatic heterocycles. The van der Waals surface area contributed by atoms with Crippen LogP contribution in [0, 0.1) is 10.1 Å². The molecule has 2 rings (SSSR count). The third-order valence-electron chi connectivity index (χ3n) is 3.92. The fourth-order valence-corrected chi connectivity index (χ4v) is 3.43. The summed E-state index contributed by atoms with van der Waals surface area (Å²) in [5.74, 6) is 1.01. The van der Waals surface area contributed by atoms with Crippen LogP contribution in [0.4, 0.5) is 5.69 Å². The van der Waals surface area contributed by atoms with Gasteiger partial charge in [-0.25, -0.2) is 0 Å². The molecule has 0 aliphatic carbocycles. The molecule has 2 aromatic rings. The first-order valence-electron chi connectivity index (χ1n) is 7.70. The van der Waals surface area contributed by atoms with Crippen LogP contribution in [0.2, 0.25) is 5.02 Å². The fourth-order valence-electron chi connectivity index (χ4n) is 2.32. The lowest BCUT2D eigenvalue weighted by Gasteiger charge is -2.25. The van der Waals surface area contributed by atoms with Crippen molar-refractivity contribution in [3.8, 4) is 0 Å². The minimum absolute atomic E-state index is 0.0222. The lowest BCUT2D eigenvalue weighted by Crippen LogP contribution is -2.31. The first-order valence-corrected chi connectivity index (χ1v) is 9.24. The molecule has 2 aromatic carbocycles. The summed E-state index contributed by atoms with van der Waals surface area (Å²) in [4.78, 5) is 24.5. The van der Waals surface area contributed by atoms with E-state index < -0.39 is 4.92 Å². The van der Waals surface area contributed by atoms with Crippen LogP contribution in [0.15, 0.2) is 48.5 Å². The Kier molecular flexibility index (Phi) is 6.84. The van der Waals surface area contributed by atoms with E-state index in [4.69, 9.17) is 11.6 Å². The smallest absolute Gasteiger partial charge is 0.269 e. The van der Waals surface area contributed by atoms with Gasteiger partial charge in [-0.3, -0.25) is 14.9 Å². The van der Waals surface area contributed by atoms with Crippen LogP contribution in [0.25, 0.3) is 0 Å². The quantitative estimate of drug-likeness (QED) is 0.517. The Morgan fingerprint density at radius 3 is 2.68 bits per heavy atom. The van der Waals surface area contributed by atoms with Crippen molar-refractivity contribution in [2.75, 3.05) is 12.8 Å². The number of amides is 1. The van der Waals surface area contributed by atoms with Gasteiger partial charge in [-0.15, -0.1) is 11.8 Å². The highest BCUT2D eigenvalue weighted by molar-refractivity contribution is 7.99. The highest BCUT2D eigenvalue weighted by Crippen LogP contribution is 2.24. The van der Waals surface area contributed by atoms with Gasteiger partial charge in [0.2, 0.25) is 5.91 Å². The Morgan fingerprint density at radius 1 is 1.28 bits per heavy atom. The van der Waals surface area contributed by atoms with E-state index in [2.05, 4.69) is 0 Å². The molecule has 0 aliphatic rings. The van der Waals surface area contributed by atoms with Gasteiger partial charge in [0.25, 0.3) is 5.69 Å². The second-order valence-electron chi connectivity index (χ2n) is 5.66. The van der Waals surface area contributed by atoms with Gasteiger partial charge in [0, 0.05) is 30.0 Å². The van der Waals surface area contributed by atoms with Crippen LogP contribution >= 0.6 is 23.4 Å². The van der Waals surface area contributed by atoms with Crippen molar-refractivity contribution >= 4 is 35.0 Å². The molecule has 0 saturated heterocycles. The van der Waals surface area contributed by atoms with Gasteiger partial charge in [0.15, 0.2) is 0 Å². The van der Waals surface area contributed by atoms with E-state index in [0.717, 1.165) is 11.1 Å². The molecule has 132 valence electrons. The summed E-state index contributed by atoms with van der Waals surface area (Å²) >= 11 is 7.46. The van der Waals surface area contributed by atoms with Gasteiger partial charge in [-0.2, -0.15) is 0 Å². The zero-order chi connectivity index (χ0) is 18.4. The third kappa shape index (κ3) is 5.47. The maximum absolute atomic E-state index is 12.4. The lowest BCUT2D eigenvalue weighted by atomic mass is 10.1. The van der Waals surface area contributed by atoms with Crippen LogP contribution in [-0.2, 0) is 10.5 Å². The lowest BCUT2D eigenvalue weighted by molar-refractivity contribution is -0.384. The summed E-state index contributed by atoms with van der Waals surface area (Å²) in [6.45, 7) is 1.86. The monoisotopic (exact) mass is 378 g/mol. The Labute approximate surface area is 156 Å². The molecule has 0 heterocycles. The van der Waals surface area contributed by atoms with Crippen LogP contribution < -0.4 is 0 Å². The Bertz CT molecular complexity index is 769. The molecule has 1 unspecified atom stereocenters. The predicted octanol–water partition coefficient (Wildman–Crippen LogP) is 4.70. The second-order valence-corrected chi connectivity index (χ2v) is 7.08. The summed E-state index contributed by atoms with van der Waals surface area (Å²) in [6, 6.07) is 13.7. The number of rotatable bonds is 7. The van der Waals surface area contributed by atoms with Gasteiger partial charge in [0.1, 0.15) is 0 Å². The van der Waals surface area contributed by atoms with Crippen molar-refractivity contribution in [1.29, 1.82) is 0 Å². The van der Waals surface area contributed by atoms with Crippen LogP contribution in [0.5, 0.6) is 0 Å².